The highest BCUT2D eigenvalue weighted by atomic mass is 79.9. The molecule has 0 aliphatic rings. The molecular weight excluding hydrogens is 266 g/mol. The van der Waals surface area contributed by atoms with Gasteiger partial charge in [-0.05, 0) is 24.6 Å². The minimum absolute atomic E-state index is 0.129. The molecule has 1 heterocycles. The molecule has 3 nitrogen and oxygen atoms in total. The van der Waals surface area contributed by atoms with Crippen molar-refractivity contribution in [2.75, 3.05) is 0 Å². The minimum atomic E-state index is 0.129. The summed E-state index contributed by atoms with van der Waals surface area (Å²) in [5.41, 5.74) is 7.89. The molecule has 0 fully saturated rings. The van der Waals surface area contributed by atoms with Gasteiger partial charge in [-0.2, -0.15) is 0 Å². The van der Waals surface area contributed by atoms with E-state index in [0.717, 1.165) is 28.0 Å². The van der Waals surface area contributed by atoms with Gasteiger partial charge in [0.05, 0.1) is 11.9 Å². The number of imidazole rings is 1. The average molecular weight is 280 g/mol. The zero-order chi connectivity index (χ0) is 11.5. The normalized spacial score (nSPS) is 12.7. The predicted octanol–water partition coefficient (Wildman–Crippen LogP) is 2.73. The van der Waals surface area contributed by atoms with Crippen molar-refractivity contribution < 1.29 is 0 Å². The summed E-state index contributed by atoms with van der Waals surface area (Å²) in [5.74, 6) is 0.938. The Kier molecular flexibility index (Phi) is 3.41. The second-order valence-electron chi connectivity index (χ2n) is 3.93. The van der Waals surface area contributed by atoms with Gasteiger partial charge in [-0.3, -0.25) is 0 Å². The Morgan fingerprint density at radius 3 is 2.69 bits per heavy atom. The van der Waals surface area contributed by atoms with Crippen molar-refractivity contribution in [1.29, 1.82) is 0 Å². The number of H-pyrrole nitrogens is 1. The Bertz CT molecular complexity index is 459. The van der Waals surface area contributed by atoms with Crippen LogP contribution in [0.3, 0.4) is 0 Å². The number of nitrogens with two attached hydrogens (primary N) is 1. The van der Waals surface area contributed by atoms with Crippen LogP contribution in [0.15, 0.2) is 34.9 Å². The van der Waals surface area contributed by atoms with E-state index in [1.165, 1.54) is 0 Å². The van der Waals surface area contributed by atoms with E-state index in [9.17, 15) is 0 Å². The summed E-state index contributed by atoms with van der Waals surface area (Å²) in [5, 5.41) is 0. The fraction of sp³-hybridized carbons (Fsp3) is 0.250. The lowest BCUT2D eigenvalue weighted by atomic mass is 10.2. The highest BCUT2D eigenvalue weighted by Gasteiger charge is 2.04. The zero-order valence-electron chi connectivity index (χ0n) is 9.07. The molecule has 1 unspecified atom stereocenters. The van der Waals surface area contributed by atoms with E-state index in [4.69, 9.17) is 5.73 Å². The van der Waals surface area contributed by atoms with E-state index in [0.29, 0.717) is 0 Å². The molecule has 0 spiro atoms. The zero-order valence-corrected chi connectivity index (χ0v) is 10.7. The van der Waals surface area contributed by atoms with Crippen LogP contribution in [0, 0.1) is 0 Å². The van der Waals surface area contributed by atoms with Crippen molar-refractivity contribution in [2.24, 2.45) is 5.73 Å². The van der Waals surface area contributed by atoms with Crippen LogP contribution in [-0.2, 0) is 6.42 Å². The number of hydrogen-bond acceptors (Lipinski definition) is 2. The van der Waals surface area contributed by atoms with Crippen LogP contribution in [0.5, 0.6) is 0 Å². The summed E-state index contributed by atoms with van der Waals surface area (Å²) in [6, 6.07) is 8.26. The molecule has 0 amide bonds. The van der Waals surface area contributed by atoms with E-state index in [1.54, 1.807) is 0 Å². The van der Waals surface area contributed by atoms with Crippen LogP contribution in [0.2, 0.25) is 0 Å². The number of hydrogen-bond donors (Lipinski definition) is 2. The Morgan fingerprint density at radius 2 is 2.06 bits per heavy atom. The SMILES string of the molecule is CC(N)Cc1ncc(-c2ccc(Br)cc2)[nH]1. The third-order valence-corrected chi connectivity index (χ3v) is 2.83. The highest BCUT2D eigenvalue weighted by Crippen LogP contribution is 2.20. The minimum Gasteiger partial charge on any atom is -0.342 e. The van der Waals surface area contributed by atoms with Gasteiger partial charge in [0.1, 0.15) is 5.82 Å². The molecular formula is C12H14BrN3. The van der Waals surface area contributed by atoms with Gasteiger partial charge in [0, 0.05) is 16.9 Å². The Labute approximate surface area is 103 Å². The number of aromatic amines is 1. The molecule has 0 saturated carbocycles. The monoisotopic (exact) mass is 279 g/mol. The number of aromatic nitrogens is 2. The third-order valence-electron chi connectivity index (χ3n) is 2.30. The third kappa shape index (κ3) is 2.71. The van der Waals surface area contributed by atoms with E-state index >= 15 is 0 Å². The lowest BCUT2D eigenvalue weighted by molar-refractivity contribution is 0.710. The number of nitrogens with one attached hydrogen (secondary N) is 1. The van der Waals surface area contributed by atoms with E-state index in [1.807, 2.05) is 37.4 Å². The molecule has 1 aromatic heterocycles. The second kappa shape index (κ2) is 4.80. The fourth-order valence-electron chi connectivity index (χ4n) is 1.55. The van der Waals surface area contributed by atoms with Gasteiger partial charge < -0.3 is 10.7 Å². The van der Waals surface area contributed by atoms with Crippen molar-refractivity contribution in [2.45, 2.75) is 19.4 Å². The van der Waals surface area contributed by atoms with Crippen molar-refractivity contribution in [3.8, 4) is 11.3 Å². The highest BCUT2D eigenvalue weighted by molar-refractivity contribution is 9.10. The summed E-state index contributed by atoms with van der Waals surface area (Å²) in [7, 11) is 0. The number of nitrogens with zero attached hydrogens (tertiary/aromatic N) is 1. The molecule has 2 rings (SSSR count). The summed E-state index contributed by atoms with van der Waals surface area (Å²) < 4.78 is 1.08. The molecule has 1 atom stereocenters. The number of halogens is 1. The first-order chi connectivity index (χ1) is 7.65. The van der Waals surface area contributed by atoms with Crippen LogP contribution >= 0.6 is 15.9 Å². The maximum Gasteiger partial charge on any atom is 0.108 e. The Morgan fingerprint density at radius 1 is 1.38 bits per heavy atom. The first kappa shape index (κ1) is 11.4. The van der Waals surface area contributed by atoms with E-state index < -0.39 is 0 Å². The topological polar surface area (TPSA) is 54.7 Å². The maximum atomic E-state index is 5.73. The summed E-state index contributed by atoms with van der Waals surface area (Å²) in [6.07, 6.45) is 2.62. The van der Waals surface area contributed by atoms with Crippen molar-refractivity contribution in [3.63, 3.8) is 0 Å². The largest absolute Gasteiger partial charge is 0.342 e. The molecule has 16 heavy (non-hydrogen) atoms. The van der Waals surface area contributed by atoms with Gasteiger partial charge in [-0.25, -0.2) is 4.98 Å². The van der Waals surface area contributed by atoms with Gasteiger partial charge in [0.2, 0.25) is 0 Å². The second-order valence-corrected chi connectivity index (χ2v) is 4.85. The molecule has 0 aliphatic carbocycles. The predicted molar refractivity (Wildman–Crippen MR) is 69.1 cm³/mol. The summed E-state index contributed by atoms with van der Waals surface area (Å²) >= 11 is 3.41. The lowest BCUT2D eigenvalue weighted by Gasteiger charge is -2.00. The molecule has 84 valence electrons. The van der Waals surface area contributed by atoms with Gasteiger partial charge >= 0.3 is 0 Å². The fourth-order valence-corrected chi connectivity index (χ4v) is 1.81. The Balaban J connectivity index is 2.21. The molecule has 3 N–H and O–H groups in total. The molecule has 2 aromatic rings. The standard InChI is InChI=1S/C12H14BrN3/c1-8(14)6-12-15-7-11(16-12)9-2-4-10(13)5-3-9/h2-5,7-8H,6,14H2,1H3,(H,15,16). The summed E-state index contributed by atoms with van der Waals surface area (Å²) in [6.45, 7) is 1.97. The molecule has 1 aromatic carbocycles. The summed E-state index contributed by atoms with van der Waals surface area (Å²) in [4.78, 5) is 7.58. The van der Waals surface area contributed by atoms with Crippen molar-refractivity contribution >= 4 is 15.9 Å². The number of rotatable bonds is 3. The molecule has 0 saturated heterocycles. The average Bonchev–Trinajstić information content (AvgIpc) is 2.66. The lowest BCUT2D eigenvalue weighted by Crippen LogP contribution is -2.18. The van der Waals surface area contributed by atoms with Gasteiger partial charge in [0.15, 0.2) is 0 Å². The molecule has 0 bridgehead atoms. The maximum absolute atomic E-state index is 5.73. The van der Waals surface area contributed by atoms with Crippen LogP contribution in [0.1, 0.15) is 12.7 Å². The van der Waals surface area contributed by atoms with Gasteiger partial charge in [-0.15, -0.1) is 0 Å². The van der Waals surface area contributed by atoms with Crippen molar-refractivity contribution in [3.05, 3.63) is 40.8 Å². The smallest absolute Gasteiger partial charge is 0.108 e. The van der Waals surface area contributed by atoms with Crippen LogP contribution in [0.4, 0.5) is 0 Å². The first-order valence-electron chi connectivity index (χ1n) is 5.20. The first-order valence-corrected chi connectivity index (χ1v) is 6.00. The van der Waals surface area contributed by atoms with E-state index in [-0.39, 0.29) is 6.04 Å². The number of benzene rings is 1. The van der Waals surface area contributed by atoms with Crippen LogP contribution < -0.4 is 5.73 Å². The Hall–Kier alpha value is -1.13. The van der Waals surface area contributed by atoms with Crippen LogP contribution in [-0.4, -0.2) is 16.0 Å². The van der Waals surface area contributed by atoms with Gasteiger partial charge in [0.25, 0.3) is 0 Å². The molecule has 0 radical (unpaired) electrons. The molecule has 4 heteroatoms. The van der Waals surface area contributed by atoms with Gasteiger partial charge in [-0.1, -0.05) is 28.1 Å². The van der Waals surface area contributed by atoms with Crippen molar-refractivity contribution in [1.82, 2.24) is 9.97 Å². The van der Waals surface area contributed by atoms with Crippen LogP contribution in [0.25, 0.3) is 11.3 Å². The quantitative estimate of drug-likeness (QED) is 0.908. The van der Waals surface area contributed by atoms with E-state index in [2.05, 4.69) is 25.9 Å². The molecule has 0 aliphatic heterocycles.